The molecule has 0 radical (unpaired) electrons. The fraction of sp³-hybridized carbons (Fsp3) is 0.214. The van der Waals surface area contributed by atoms with Gasteiger partial charge in [0.05, 0.1) is 16.4 Å². The second-order valence-corrected chi connectivity index (χ2v) is 7.81. The van der Waals surface area contributed by atoms with E-state index in [1.54, 1.807) is 24.3 Å². The molecule has 22 heavy (non-hydrogen) atoms. The largest absolute Gasteiger partial charge is 0.324 e. The van der Waals surface area contributed by atoms with Crippen molar-refractivity contribution < 1.29 is 13.2 Å². The number of rotatable bonds is 3. The molecule has 6 nitrogen and oxygen atoms in total. The number of hydrogen-bond acceptors (Lipinski definition) is 4. The van der Waals surface area contributed by atoms with Crippen molar-refractivity contribution in [2.75, 3.05) is 27.2 Å². The quantitative estimate of drug-likeness (QED) is 0.904. The van der Waals surface area contributed by atoms with E-state index in [1.165, 1.54) is 15.6 Å². The highest BCUT2D eigenvalue weighted by Crippen LogP contribution is 2.25. The van der Waals surface area contributed by atoms with Gasteiger partial charge in [0.1, 0.15) is 0 Å². The lowest BCUT2D eigenvalue weighted by Crippen LogP contribution is -2.25. The number of anilines is 3. The van der Waals surface area contributed by atoms with Gasteiger partial charge in [0.15, 0.2) is 0 Å². The maximum atomic E-state index is 11.8. The number of nitrogens with one attached hydrogen (secondary N) is 2. The van der Waals surface area contributed by atoms with E-state index in [9.17, 15) is 13.2 Å². The van der Waals surface area contributed by atoms with Gasteiger partial charge < -0.3 is 5.32 Å². The van der Waals surface area contributed by atoms with E-state index in [4.69, 9.17) is 0 Å². The van der Waals surface area contributed by atoms with Crippen molar-refractivity contribution in [3.63, 3.8) is 0 Å². The van der Waals surface area contributed by atoms with Crippen LogP contribution in [-0.4, -0.2) is 26.7 Å². The third-order valence-corrected chi connectivity index (χ3v) is 5.93. The van der Waals surface area contributed by atoms with Crippen molar-refractivity contribution in [3.05, 3.63) is 41.8 Å². The number of thiophene rings is 1. The first-order chi connectivity index (χ1) is 10.5. The molecular weight excluding hydrogens is 322 g/mol. The van der Waals surface area contributed by atoms with Gasteiger partial charge in [-0.1, -0.05) is 0 Å². The third-order valence-electron chi connectivity index (χ3n) is 3.27. The summed E-state index contributed by atoms with van der Waals surface area (Å²) in [5, 5.41) is 8.06. The van der Waals surface area contributed by atoms with E-state index in [0.717, 1.165) is 5.00 Å². The number of carbonyl (C=O) groups is 1. The first-order valence-electron chi connectivity index (χ1n) is 6.77. The topological polar surface area (TPSA) is 78.5 Å². The summed E-state index contributed by atoms with van der Waals surface area (Å²) in [6.07, 6.45) is 0.644. The third kappa shape index (κ3) is 3.23. The normalized spacial score (nSPS) is 16.5. The summed E-state index contributed by atoms with van der Waals surface area (Å²) in [6, 6.07) is 10.1. The number of carbonyl (C=O) groups excluding carboxylic acids is 1. The number of nitrogens with zero attached hydrogens (tertiary/aromatic N) is 1. The van der Waals surface area contributed by atoms with Crippen molar-refractivity contribution in [1.82, 2.24) is 0 Å². The SMILES string of the molecule is O=C(Nc1ccc(N2CCCS2(=O)=O)cc1)Nc1cccs1. The van der Waals surface area contributed by atoms with Crippen LogP contribution in [0.25, 0.3) is 0 Å². The van der Waals surface area contributed by atoms with Crippen molar-refractivity contribution in [3.8, 4) is 0 Å². The van der Waals surface area contributed by atoms with E-state index < -0.39 is 10.0 Å². The molecule has 2 N–H and O–H groups in total. The number of amides is 2. The minimum atomic E-state index is -3.18. The molecule has 116 valence electrons. The molecule has 0 unspecified atom stereocenters. The van der Waals surface area contributed by atoms with Crippen molar-refractivity contribution in [1.29, 1.82) is 0 Å². The maximum Gasteiger partial charge on any atom is 0.324 e. The summed E-state index contributed by atoms with van der Waals surface area (Å²) >= 11 is 1.44. The van der Waals surface area contributed by atoms with Crippen LogP contribution in [0.4, 0.5) is 21.2 Å². The van der Waals surface area contributed by atoms with Crippen LogP contribution < -0.4 is 14.9 Å². The zero-order valence-corrected chi connectivity index (χ0v) is 13.3. The Morgan fingerprint density at radius 1 is 1.14 bits per heavy atom. The van der Waals surface area contributed by atoms with Crippen LogP contribution >= 0.6 is 11.3 Å². The van der Waals surface area contributed by atoms with E-state index in [-0.39, 0.29) is 11.8 Å². The monoisotopic (exact) mass is 337 g/mol. The lowest BCUT2D eigenvalue weighted by atomic mass is 10.2. The predicted octanol–water partition coefficient (Wildman–Crippen LogP) is 2.93. The van der Waals surface area contributed by atoms with Crippen molar-refractivity contribution >= 4 is 43.8 Å². The molecule has 1 aliphatic heterocycles. The van der Waals surface area contributed by atoms with Gasteiger partial charge in [0.2, 0.25) is 10.0 Å². The highest BCUT2D eigenvalue weighted by Gasteiger charge is 2.28. The van der Waals surface area contributed by atoms with Gasteiger partial charge in [0, 0.05) is 12.2 Å². The van der Waals surface area contributed by atoms with Crippen LogP contribution in [0, 0.1) is 0 Å². The van der Waals surface area contributed by atoms with E-state index in [1.807, 2.05) is 17.5 Å². The molecule has 0 spiro atoms. The van der Waals surface area contributed by atoms with Gasteiger partial charge in [-0.05, 0) is 48.2 Å². The Balaban J connectivity index is 1.65. The molecule has 0 bridgehead atoms. The summed E-state index contributed by atoms with van der Waals surface area (Å²) in [6.45, 7) is 0.508. The Morgan fingerprint density at radius 2 is 1.91 bits per heavy atom. The van der Waals surface area contributed by atoms with Crippen LogP contribution in [0.2, 0.25) is 0 Å². The maximum absolute atomic E-state index is 11.8. The Bertz CT molecular complexity index is 755. The second-order valence-electron chi connectivity index (χ2n) is 4.84. The molecule has 1 aromatic carbocycles. The van der Waals surface area contributed by atoms with Crippen molar-refractivity contribution in [2.45, 2.75) is 6.42 Å². The molecule has 3 rings (SSSR count). The Morgan fingerprint density at radius 3 is 2.50 bits per heavy atom. The molecule has 2 heterocycles. The molecule has 2 aromatic rings. The molecule has 2 amide bonds. The Labute approximate surface area is 132 Å². The number of hydrogen-bond donors (Lipinski definition) is 2. The van der Waals surface area contributed by atoms with E-state index in [0.29, 0.717) is 24.3 Å². The molecule has 0 saturated carbocycles. The van der Waals surface area contributed by atoms with Crippen LogP contribution in [-0.2, 0) is 10.0 Å². The molecular formula is C14H15N3O3S2. The van der Waals surface area contributed by atoms with Gasteiger partial charge in [0.25, 0.3) is 0 Å². The predicted molar refractivity (Wildman–Crippen MR) is 89.2 cm³/mol. The molecule has 1 fully saturated rings. The molecule has 1 saturated heterocycles. The molecule has 0 atom stereocenters. The van der Waals surface area contributed by atoms with E-state index in [2.05, 4.69) is 10.6 Å². The number of benzene rings is 1. The summed E-state index contributed by atoms with van der Waals surface area (Å²) in [4.78, 5) is 11.8. The van der Waals surface area contributed by atoms with Crippen LogP contribution in [0.15, 0.2) is 41.8 Å². The van der Waals surface area contributed by atoms with Gasteiger partial charge in [-0.25, -0.2) is 13.2 Å². The summed E-state index contributed by atoms with van der Waals surface area (Å²) in [5.41, 5.74) is 1.23. The smallest absolute Gasteiger partial charge is 0.308 e. The minimum Gasteiger partial charge on any atom is -0.308 e. The molecule has 0 aliphatic carbocycles. The van der Waals surface area contributed by atoms with Crippen LogP contribution in [0.3, 0.4) is 0 Å². The fourth-order valence-corrected chi connectivity index (χ4v) is 4.44. The second kappa shape index (κ2) is 5.98. The molecule has 1 aromatic heterocycles. The first kappa shape index (κ1) is 14.9. The Hall–Kier alpha value is -2.06. The fourth-order valence-electron chi connectivity index (χ4n) is 2.26. The highest BCUT2D eigenvalue weighted by atomic mass is 32.2. The zero-order chi connectivity index (χ0) is 15.6. The highest BCUT2D eigenvalue weighted by molar-refractivity contribution is 7.93. The summed E-state index contributed by atoms with van der Waals surface area (Å²) < 4.78 is 25.1. The average Bonchev–Trinajstić information content (AvgIpc) is 3.09. The first-order valence-corrected chi connectivity index (χ1v) is 9.25. The van der Waals surface area contributed by atoms with Gasteiger partial charge in [-0.3, -0.25) is 9.62 Å². The molecule has 1 aliphatic rings. The lowest BCUT2D eigenvalue weighted by Gasteiger charge is -2.17. The zero-order valence-electron chi connectivity index (χ0n) is 11.7. The average molecular weight is 337 g/mol. The standard InChI is InChI=1S/C14H15N3O3S2/c18-14(16-13-3-1-9-21-13)15-11-4-6-12(7-5-11)17-8-2-10-22(17,19)20/h1,3-7,9H,2,8,10H2,(H2,15,16,18). The summed E-state index contributed by atoms with van der Waals surface area (Å²) in [5.74, 6) is 0.191. The van der Waals surface area contributed by atoms with Crippen molar-refractivity contribution in [2.24, 2.45) is 0 Å². The van der Waals surface area contributed by atoms with Crippen LogP contribution in [0.1, 0.15) is 6.42 Å². The van der Waals surface area contributed by atoms with Gasteiger partial charge in [-0.15, -0.1) is 11.3 Å². The van der Waals surface area contributed by atoms with Gasteiger partial charge >= 0.3 is 6.03 Å². The number of urea groups is 1. The minimum absolute atomic E-state index is 0.191. The van der Waals surface area contributed by atoms with Crippen LogP contribution in [0.5, 0.6) is 0 Å². The van der Waals surface area contributed by atoms with E-state index >= 15 is 0 Å². The summed E-state index contributed by atoms with van der Waals surface area (Å²) in [7, 11) is -3.18. The Kier molecular flexibility index (Phi) is 4.04. The van der Waals surface area contributed by atoms with Gasteiger partial charge in [-0.2, -0.15) is 0 Å². The molecule has 8 heteroatoms. The lowest BCUT2D eigenvalue weighted by molar-refractivity contribution is 0.262. The number of sulfonamides is 1.